The minimum Gasteiger partial charge on any atom is -0.434 e. The third kappa shape index (κ3) is 5.81. The smallest absolute Gasteiger partial charge is 0.434 e. The fourth-order valence-corrected chi connectivity index (χ4v) is 5.57. The molecule has 4 aromatic rings. The van der Waals surface area contributed by atoms with E-state index >= 15 is 0 Å². The quantitative estimate of drug-likeness (QED) is 0.0540. The van der Waals surface area contributed by atoms with Crippen LogP contribution < -0.4 is 4.74 Å². The second kappa shape index (κ2) is 12.4. The molecule has 3 aromatic carbocycles. The standard InChI is InChI=1S/C33H32N2O7/c1-4-35-28-16-12-23(31(37)22-10-14-25(15-11-22)41-33(39)40-5-2)18-26(28)27-19-24(13-17-29(27)35)32(38)30(34-42-20(3)36)21-8-6-7-9-21/h10-19,21H,4-9H2,1-3H3/b34-30-. The van der Waals surface area contributed by atoms with Crippen molar-refractivity contribution in [2.75, 3.05) is 6.61 Å². The number of aromatic nitrogens is 1. The van der Waals surface area contributed by atoms with Gasteiger partial charge in [0.05, 0.1) is 6.61 Å². The van der Waals surface area contributed by atoms with Crippen LogP contribution in [0.1, 0.15) is 72.7 Å². The number of fused-ring (bicyclic) bond motifs is 3. The summed E-state index contributed by atoms with van der Waals surface area (Å²) >= 11 is 0. The minimum absolute atomic E-state index is 0.0529. The Bertz CT molecular complexity index is 1710. The zero-order chi connectivity index (χ0) is 29.8. The highest BCUT2D eigenvalue weighted by molar-refractivity contribution is 6.47. The van der Waals surface area contributed by atoms with Gasteiger partial charge in [-0.05, 0) is 87.4 Å². The van der Waals surface area contributed by atoms with Gasteiger partial charge in [0.2, 0.25) is 5.78 Å². The van der Waals surface area contributed by atoms with Gasteiger partial charge in [0.25, 0.3) is 0 Å². The van der Waals surface area contributed by atoms with Crippen LogP contribution >= 0.6 is 0 Å². The van der Waals surface area contributed by atoms with Crippen LogP contribution in [-0.4, -0.2) is 40.6 Å². The number of Topliss-reactive ketones (excluding diaryl/α,β-unsaturated/α-hetero) is 1. The molecule has 0 amide bonds. The fourth-order valence-electron chi connectivity index (χ4n) is 5.57. The van der Waals surface area contributed by atoms with Crippen LogP contribution in [-0.2, 0) is 20.9 Å². The monoisotopic (exact) mass is 568 g/mol. The predicted octanol–water partition coefficient (Wildman–Crippen LogP) is 6.87. The largest absolute Gasteiger partial charge is 0.513 e. The van der Waals surface area contributed by atoms with Crippen molar-refractivity contribution in [2.45, 2.75) is 53.0 Å². The molecular weight excluding hydrogens is 536 g/mol. The van der Waals surface area contributed by atoms with Crippen molar-refractivity contribution in [3.05, 3.63) is 77.4 Å². The maximum Gasteiger partial charge on any atom is 0.513 e. The normalized spacial score (nSPS) is 13.8. The number of hydrogen-bond donors (Lipinski definition) is 0. The minimum atomic E-state index is -0.805. The molecule has 0 saturated heterocycles. The molecule has 1 saturated carbocycles. The molecule has 0 radical (unpaired) electrons. The molecule has 0 spiro atoms. The van der Waals surface area contributed by atoms with Gasteiger partial charge >= 0.3 is 12.1 Å². The Labute approximate surface area is 243 Å². The van der Waals surface area contributed by atoms with Crippen molar-refractivity contribution < 1.29 is 33.5 Å². The average molecular weight is 569 g/mol. The van der Waals surface area contributed by atoms with Gasteiger partial charge in [-0.2, -0.15) is 0 Å². The molecule has 216 valence electrons. The topological polar surface area (TPSA) is 113 Å². The predicted molar refractivity (Wildman–Crippen MR) is 158 cm³/mol. The summed E-state index contributed by atoms with van der Waals surface area (Å²) in [6.45, 7) is 5.89. The second-order valence-corrected chi connectivity index (χ2v) is 10.2. The Hall–Kier alpha value is -4.79. The van der Waals surface area contributed by atoms with Crippen molar-refractivity contribution in [3.8, 4) is 5.75 Å². The highest BCUT2D eigenvalue weighted by atomic mass is 16.7. The molecule has 0 N–H and O–H groups in total. The molecule has 9 heteroatoms. The van der Waals surface area contributed by atoms with E-state index in [1.807, 2.05) is 31.2 Å². The van der Waals surface area contributed by atoms with Crippen LogP contribution in [0.5, 0.6) is 5.75 Å². The van der Waals surface area contributed by atoms with Gasteiger partial charge in [0.15, 0.2) is 5.78 Å². The van der Waals surface area contributed by atoms with E-state index in [1.165, 1.54) is 6.92 Å². The third-order valence-corrected chi connectivity index (χ3v) is 7.53. The number of ether oxygens (including phenoxy) is 2. The first-order valence-electron chi connectivity index (χ1n) is 14.2. The summed E-state index contributed by atoms with van der Waals surface area (Å²) in [4.78, 5) is 55.0. The average Bonchev–Trinajstić information content (AvgIpc) is 3.63. The number of aryl methyl sites for hydroxylation is 1. The number of benzene rings is 3. The van der Waals surface area contributed by atoms with E-state index < -0.39 is 12.1 Å². The van der Waals surface area contributed by atoms with Crippen molar-refractivity contribution in [2.24, 2.45) is 11.1 Å². The SMILES string of the molecule is CCOC(=O)Oc1ccc(C(=O)c2ccc3c(c2)c2cc(C(=O)/C(=N\OC(C)=O)C4CCCC4)ccc2n3CC)cc1. The molecule has 42 heavy (non-hydrogen) atoms. The van der Waals surface area contributed by atoms with E-state index in [-0.39, 0.29) is 35.6 Å². The molecule has 1 aliphatic carbocycles. The van der Waals surface area contributed by atoms with E-state index in [9.17, 15) is 19.2 Å². The Balaban J connectivity index is 1.51. The lowest BCUT2D eigenvalue weighted by Crippen LogP contribution is -2.23. The van der Waals surface area contributed by atoms with Crippen LogP contribution in [0.25, 0.3) is 21.8 Å². The number of ketones is 2. The van der Waals surface area contributed by atoms with Crippen LogP contribution in [0.3, 0.4) is 0 Å². The van der Waals surface area contributed by atoms with Gasteiger partial charge in [-0.15, -0.1) is 0 Å². The lowest BCUT2D eigenvalue weighted by atomic mass is 9.93. The maximum absolute atomic E-state index is 13.7. The van der Waals surface area contributed by atoms with Crippen molar-refractivity contribution >= 4 is 51.2 Å². The molecule has 9 nitrogen and oxygen atoms in total. The van der Waals surface area contributed by atoms with Crippen molar-refractivity contribution in [1.82, 2.24) is 4.57 Å². The summed E-state index contributed by atoms with van der Waals surface area (Å²) in [5.41, 5.74) is 3.52. The van der Waals surface area contributed by atoms with Crippen LogP contribution in [0.15, 0.2) is 65.8 Å². The lowest BCUT2D eigenvalue weighted by molar-refractivity contribution is -0.140. The fraction of sp³-hybridized carbons (Fsp3) is 0.303. The highest BCUT2D eigenvalue weighted by Crippen LogP contribution is 2.33. The lowest BCUT2D eigenvalue weighted by Gasteiger charge is -2.12. The molecule has 1 fully saturated rings. The summed E-state index contributed by atoms with van der Waals surface area (Å²) in [5, 5.41) is 5.66. The Morgan fingerprint density at radius 1 is 0.833 bits per heavy atom. The first-order valence-corrected chi connectivity index (χ1v) is 14.2. The molecular formula is C33H32N2O7. The molecule has 1 aromatic heterocycles. The first kappa shape index (κ1) is 28.7. The molecule has 0 aliphatic heterocycles. The van der Waals surface area contributed by atoms with E-state index in [4.69, 9.17) is 14.3 Å². The van der Waals surface area contributed by atoms with Gasteiger partial charge in [-0.3, -0.25) is 9.59 Å². The van der Waals surface area contributed by atoms with Crippen LogP contribution in [0, 0.1) is 5.92 Å². The molecule has 0 unspecified atom stereocenters. The maximum atomic E-state index is 13.7. The van der Waals surface area contributed by atoms with Crippen LogP contribution in [0.4, 0.5) is 4.79 Å². The summed E-state index contributed by atoms with van der Waals surface area (Å²) in [5.74, 6) is -0.806. The van der Waals surface area contributed by atoms with E-state index in [1.54, 1.807) is 43.3 Å². The van der Waals surface area contributed by atoms with E-state index in [2.05, 4.69) is 9.72 Å². The number of oxime groups is 1. The summed E-state index contributed by atoms with van der Waals surface area (Å²) in [7, 11) is 0. The van der Waals surface area contributed by atoms with Gasteiger partial charge in [0, 0.05) is 57.9 Å². The molecule has 0 bridgehead atoms. The van der Waals surface area contributed by atoms with Gasteiger partial charge in [0.1, 0.15) is 11.5 Å². The summed E-state index contributed by atoms with van der Waals surface area (Å²) < 4.78 is 12.0. The number of hydrogen-bond acceptors (Lipinski definition) is 8. The Morgan fingerprint density at radius 2 is 1.43 bits per heavy atom. The molecule has 1 heterocycles. The van der Waals surface area contributed by atoms with Gasteiger partial charge in [-0.25, -0.2) is 9.59 Å². The summed E-state index contributed by atoms with van der Waals surface area (Å²) in [6.07, 6.45) is 2.84. The number of nitrogens with zero attached hydrogens (tertiary/aromatic N) is 2. The van der Waals surface area contributed by atoms with Crippen molar-refractivity contribution in [3.63, 3.8) is 0 Å². The Kier molecular flexibility index (Phi) is 8.47. The second-order valence-electron chi connectivity index (χ2n) is 10.2. The zero-order valence-electron chi connectivity index (χ0n) is 23.8. The van der Waals surface area contributed by atoms with E-state index in [0.717, 1.165) is 47.5 Å². The number of carbonyl (C=O) groups is 4. The number of carbonyl (C=O) groups excluding carboxylic acids is 4. The molecule has 5 rings (SSSR count). The van der Waals surface area contributed by atoms with Gasteiger partial charge in [-0.1, -0.05) is 18.0 Å². The van der Waals surface area contributed by atoms with Gasteiger partial charge < -0.3 is 18.9 Å². The highest BCUT2D eigenvalue weighted by Gasteiger charge is 2.29. The third-order valence-electron chi connectivity index (χ3n) is 7.53. The Morgan fingerprint density at radius 3 is 2.02 bits per heavy atom. The number of rotatable bonds is 9. The van der Waals surface area contributed by atoms with Crippen molar-refractivity contribution in [1.29, 1.82) is 0 Å². The molecule has 1 aliphatic rings. The van der Waals surface area contributed by atoms with Crippen LogP contribution in [0.2, 0.25) is 0 Å². The zero-order valence-corrected chi connectivity index (χ0v) is 23.8. The van der Waals surface area contributed by atoms with E-state index in [0.29, 0.717) is 23.2 Å². The molecule has 0 atom stereocenters. The summed E-state index contributed by atoms with van der Waals surface area (Å²) in [6, 6.07) is 17.3. The first-order chi connectivity index (χ1) is 20.3.